The van der Waals surface area contributed by atoms with Gasteiger partial charge < -0.3 is 0 Å². The van der Waals surface area contributed by atoms with Crippen molar-refractivity contribution in [1.82, 2.24) is 9.65 Å². The van der Waals surface area contributed by atoms with Gasteiger partial charge in [-0.05, 0) is 45.9 Å². The predicted molar refractivity (Wildman–Crippen MR) is 85.6 cm³/mol. The minimum atomic E-state index is 0.357. The van der Waals surface area contributed by atoms with Crippen molar-refractivity contribution < 1.29 is 0 Å². The van der Waals surface area contributed by atoms with Gasteiger partial charge in [0, 0.05) is 23.5 Å². The largest absolute Gasteiger partial charge is 0.403 e. The molecule has 6 heteroatoms. The molecule has 20 heavy (non-hydrogen) atoms. The van der Waals surface area contributed by atoms with Gasteiger partial charge in [0.1, 0.15) is 0 Å². The van der Waals surface area contributed by atoms with Crippen LogP contribution in [0.25, 0.3) is 10.8 Å². The van der Waals surface area contributed by atoms with Gasteiger partial charge in [-0.1, -0.05) is 12.1 Å². The van der Waals surface area contributed by atoms with E-state index in [0.717, 1.165) is 27.6 Å². The summed E-state index contributed by atoms with van der Waals surface area (Å²) in [6, 6.07) is 8.14. The lowest BCUT2D eigenvalue weighted by molar-refractivity contribution is 1.22. The summed E-state index contributed by atoms with van der Waals surface area (Å²) in [6.45, 7) is 0. The standard InChI is InChI=1S/C14H11ClN4S/c15-9-19-14(17)20-8-11-2-1-10-7-18-6-4-13(10)12(11)3-5-16/h1-2,4,6-7,9,17H,3,8H2/p+1. The number of thioether (sulfide) groups is 1. The first kappa shape index (κ1) is 14.4. The lowest BCUT2D eigenvalue weighted by Crippen LogP contribution is -2.10. The molecule has 100 valence electrons. The predicted octanol–water partition coefficient (Wildman–Crippen LogP) is 2.18. The minimum Gasteiger partial charge on any atom is -0.267 e. The summed E-state index contributed by atoms with van der Waals surface area (Å²) in [4.78, 5) is 4.10. The van der Waals surface area contributed by atoms with Crippen LogP contribution in [0.4, 0.5) is 0 Å². The number of fused-ring (bicyclic) bond motifs is 1. The summed E-state index contributed by atoms with van der Waals surface area (Å²) in [5, 5.41) is 11.5. The Hall–Kier alpha value is -1.99. The fourth-order valence-electron chi connectivity index (χ4n) is 1.94. The summed E-state index contributed by atoms with van der Waals surface area (Å²) < 4.78 is 3.80. The van der Waals surface area contributed by atoms with Gasteiger partial charge in [0.2, 0.25) is 0 Å². The van der Waals surface area contributed by atoms with Crippen molar-refractivity contribution in [2.24, 2.45) is 5.73 Å². The van der Waals surface area contributed by atoms with Crippen LogP contribution in [0.5, 0.6) is 0 Å². The second-order valence-electron chi connectivity index (χ2n) is 3.99. The third kappa shape index (κ3) is 3.31. The number of benzene rings is 1. The third-order valence-electron chi connectivity index (χ3n) is 2.84. The number of hydrogen-bond donors (Lipinski definition) is 1. The van der Waals surface area contributed by atoms with Gasteiger partial charge in [-0.2, -0.15) is 9.93 Å². The van der Waals surface area contributed by atoms with E-state index in [1.165, 1.54) is 11.8 Å². The summed E-state index contributed by atoms with van der Waals surface area (Å²) in [5.41, 5.74) is 8.92. The molecule has 0 atom stereocenters. The summed E-state index contributed by atoms with van der Waals surface area (Å²) in [5.74, 6) is 0.648. The molecule has 4 nitrogen and oxygen atoms in total. The van der Waals surface area contributed by atoms with E-state index in [-0.39, 0.29) is 0 Å². The quantitative estimate of drug-likeness (QED) is 0.535. The number of rotatable bonds is 3. The zero-order valence-electron chi connectivity index (χ0n) is 10.6. The van der Waals surface area contributed by atoms with Gasteiger partial charge in [-0.15, -0.1) is 0 Å². The molecule has 0 aliphatic carbocycles. The summed E-state index contributed by atoms with van der Waals surface area (Å²) >= 11 is 6.77. The number of nitrogens with two attached hydrogens (primary N) is 1. The fourth-order valence-corrected chi connectivity index (χ4v) is 2.80. The number of pyridine rings is 1. The molecule has 1 aromatic carbocycles. The molecule has 0 aliphatic rings. The molecular formula is C14H12ClN4S+. The Kier molecular flexibility index (Phi) is 5.03. The molecule has 0 saturated carbocycles. The van der Waals surface area contributed by atoms with Crippen LogP contribution < -0.4 is 10.4 Å². The minimum absolute atomic E-state index is 0.357. The maximum atomic E-state index is 9.02. The molecule has 2 N–H and O–H groups in total. The van der Waals surface area contributed by atoms with Crippen LogP contribution in [0, 0.1) is 11.3 Å². The van der Waals surface area contributed by atoms with Gasteiger partial charge in [0.15, 0.2) is 0 Å². The smallest absolute Gasteiger partial charge is 0.267 e. The van der Waals surface area contributed by atoms with Crippen molar-refractivity contribution in [3.63, 3.8) is 0 Å². The molecule has 0 fully saturated rings. The van der Waals surface area contributed by atoms with Crippen LogP contribution in [-0.4, -0.2) is 15.8 Å². The number of nitriles is 1. The van der Waals surface area contributed by atoms with Crippen molar-refractivity contribution >= 4 is 45.0 Å². The van der Waals surface area contributed by atoms with E-state index >= 15 is 0 Å². The Bertz CT molecular complexity index is 730. The number of amidine groups is 1. The van der Waals surface area contributed by atoms with E-state index < -0.39 is 0 Å². The van der Waals surface area contributed by atoms with Gasteiger partial charge >= 0.3 is 5.17 Å². The van der Waals surface area contributed by atoms with E-state index in [4.69, 9.17) is 22.6 Å². The zero-order chi connectivity index (χ0) is 14.4. The lowest BCUT2D eigenvalue weighted by atomic mass is 9.99. The Morgan fingerprint density at radius 2 is 2.35 bits per heavy atom. The topological polar surface area (TPSA) is 76.8 Å². The number of nitrogens with zero attached hydrogens (tertiary/aromatic N) is 3. The summed E-state index contributed by atoms with van der Waals surface area (Å²) in [7, 11) is 0. The molecular weight excluding hydrogens is 292 g/mol. The van der Waals surface area contributed by atoms with Crippen LogP contribution in [0.1, 0.15) is 11.1 Å². The lowest BCUT2D eigenvalue weighted by Gasteiger charge is -2.09. The van der Waals surface area contributed by atoms with Crippen molar-refractivity contribution in [2.75, 3.05) is 0 Å². The highest BCUT2D eigenvalue weighted by molar-refractivity contribution is 8.13. The second-order valence-corrected chi connectivity index (χ2v) is 5.18. The van der Waals surface area contributed by atoms with Crippen molar-refractivity contribution in [1.29, 1.82) is 5.26 Å². The van der Waals surface area contributed by atoms with E-state index in [1.54, 1.807) is 12.4 Å². The molecule has 0 saturated heterocycles. The Labute approximate surface area is 126 Å². The number of aromatic nitrogens is 1. The van der Waals surface area contributed by atoms with Gasteiger partial charge in [0.25, 0.3) is 5.67 Å². The molecule has 1 heterocycles. The Morgan fingerprint density at radius 1 is 1.50 bits per heavy atom. The molecule has 1 aromatic heterocycles. The molecule has 0 spiro atoms. The average molecular weight is 304 g/mol. The molecule has 0 bridgehead atoms. The van der Waals surface area contributed by atoms with E-state index in [0.29, 0.717) is 17.3 Å². The van der Waals surface area contributed by atoms with Crippen LogP contribution in [0.2, 0.25) is 0 Å². The van der Waals surface area contributed by atoms with Crippen molar-refractivity contribution in [3.8, 4) is 6.07 Å². The second kappa shape index (κ2) is 6.97. The van der Waals surface area contributed by atoms with Crippen LogP contribution >= 0.6 is 23.4 Å². The third-order valence-corrected chi connectivity index (χ3v) is 3.79. The van der Waals surface area contributed by atoms with Crippen LogP contribution in [0.15, 0.2) is 30.6 Å². The van der Waals surface area contributed by atoms with Crippen LogP contribution in [-0.2, 0) is 12.2 Å². The van der Waals surface area contributed by atoms with E-state index in [2.05, 4.69) is 15.7 Å². The van der Waals surface area contributed by atoms with Gasteiger partial charge in [-0.25, -0.2) is 0 Å². The SMILES string of the molecule is N#CCc1c(CSC(N)=[N+]=CCl)ccc2cnccc12. The molecule has 2 aromatic rings. The van der Waals surface area contributed by atoms with Crippen molar-refractivity contribution in [2.45, 2.75) is 12.2 Å². The maximum absolute atomic E-state index is 9.02. The first-order valence-corrected chi connectivity index (χ1v) is 7.28. The van der Waals surface area contributed by atoms with Crippen LogP contribution in [0.3, 0.4) is 0 Å². The van der Waals surface area contributed by atoms with E-state index in [1.807, 2.05) is 18.2 Å². The number of halogens is 1. The molecule has 0 radical (unpaired) electrons. The molecule has 2 rings (SSSR count). The zero-order valence-corrected chi connectivity index (χ0v) is 12.2. The average Bonchev–Trinajstić information content (AvgIpc) is 2.47. The molecule has 0 aliphatic heterocycles. The highest BCUT2D eigenvalue weighted by Gasteiger charge is 2.10. The number of hydrogen-bond acceptors (Lipinski definition) is 3. The van der Waals surface area contributed by atoms with Gasteiger partial charge in [0.05, 0.1) is 12.5 Å². The highest BCUT2D eigenvalue weighted by Crippen LogP contribution is 2.25. The normalized spacial score (nSPS) is 9.80. The Balaban J connectivity index is 2.40. The Morgan fingerprint density at radius 3 is 3.10 bits per heavy atom. The maximum Gasteiger partial charge on any atom is 0.403 e. The monoisotopic (exact) mass is 303 g/mol. The molecule has 0 unspecified atom stereocenters. The molecule has 0 amide bonds. The first-order chi connectivity index (χ1) is 9.76. The van der Waals surface area contributed by atoms with Crippen molar-refractivity contribution in [3.05, 3.63) is 41.7 Å². The first-order valence-electron chi connectivity index (χ1n) is 5.85. The fraction of sp³-hybridized carbons (Fsp3) is 0.143. The van der Waals surface area contributed by atoms with E-state index in [9.17, 15) is 0 Å². The highest BCUT2D eigenvalue weighted by atomic mass is 35.5. The summed E-state index contributed by atoms with van der Waals surface area (Å²) in [6.07, 6.45) is 3.89. The van der Waals surface area contributed by atoms with Gasteiger partial charge in [-0.3, -0.25) is 10.7 Å².